The van der Waals surface area contributed by atoms with Gasteiger partial charge in [-0.05, 0) is 18.2 Å². The summed E-state index contributed by atoms with van der Waals surface area (Å²) >= 11 is 5.62. The third-order valence-corrected chi connectivity index (χ3v) is 2.34. The van der Waals surface area contributed by atoms with Crippen LogP contribution in [0.4, 0.5) is 4.39 Å². The highest BCUT2D eigenvalue weighted by Crippen LogP contribution is 2.22. The molecule has 0 saturated heterocycles. The second-order valence-corrected chi connectivity index (χ2v) is 3.63. The van der Waals surface area contributed by atoms with E-state index in [1.165, 1.54) is 22.9 Å². The van der Waals surface area contributed by atoms with Crippen LogP contribution in [0.2, 0.25) is 5.02 Å². The van der Waals surface area contributed by atoms with Crippen molar-refractivity contribution in [2.75, 3.05) is 0 Å². The normalized spacial score (nSPS) is 10.6. The number of nitrogens with zero attached hydrogens (tertiary/aromatic N) is 1. The Labute approximate surface area is 90.1 Å². The molecule has 0 aliphatic heterocycles. The molecule has 0 fully saturated rings. The van der Waals surface area contributed by atoms with Gasteiger partial charge in [-0.15, -0.1) is 0 Å². The first-order chi connectivity index (χ1) is 7.08. The van der Waals surface area contributed by atoms with Gasteiger partial charge in [0.1, 0.15) is 5.82 Å². The van der Waals surface area contributed by atoms with Crippen molar-refractivity contribution in [1.82, 2.24) is 9.78 Å². The largest absolute Gasteiger partial charge is 0.295 e. The summed E-state index contributed by atoms with van der Waals surface area (Å²) in [6.45, 7) is 0. The number of benzene rings is 1. The number of nitrogens with one attached hydrogen (secondary N) is 1. The highest BCUT2D eigenvalue weighted by molar-refractivity contribution is 6.30. The quantitative estimate of drug-likeness (QED) is 0.795. The summed E-state index contributed by atoms with van der Waals surface area (Å²) in [5.74, 6) is -0.454. The zero-order valence-corrected chi connectivity index (χ0v) is 8.68. The Morgan fingerprint density at radius 3 is 2.67 bits per heavy atom. The number of rotatable bonds is 1. The summed E-state index contributed by atoms with van der Waals surface area (Å²) in [5, 5.41) is 3.07. The first kappa shape index (κ1) is 9.98. The fraction of sp³-hybridized carbons (Fsp3) is 0.100. The van der Waals surface area contributed by atoms with E-state index in [1.807, 2.05) is 0 Å². The molecule has 0 saturated carbocycles. The van der Waals surface area contributed by atoms with E-state index < -0.39 is 5.82 Å². The van der Waals surface area contributed by atoms with Gasteiger partial charge in [0.15, 0.2) is 0 Å². The molecule has 0 atom stereocenters. The first-order valence-corrected chi connectivity index (χ1v) is 4.67. The summed E-state index contributed by atoms with van der Waals surface area (Å²) in [7, 11) is 1.57. The van der Waals surface area contributed by atoms with Crippen molar-refractivity contribution in [3.05, 3.63) is 45.5 Å². The van der Waals surface area contributed by atoms with E-state index in [4.69, 9.17) is 11.6 Å². The minimum absolute atomic E-state index is 0.209. The maximum atomic E-state index is 13.5. The number of aromatic amines is 1. The lowest BCUT2D eigenvalue weighted by atomic mass is 10.1. The lowest BCUT2D eigenvalue weighted by Crippen LogP contribution is -2.09. The predicted molar refractivity (Wildman–Crippen MR) is 56.4 cm³/mol. The fourth-order valence-corrected chi connectivity index (χ4v) is 1.49. The number of halogens is 2. The molecule has 15 heavy (non-hydrogen) atoms. The molecule has 1 aromatic carbocycles. The van der Waals surface area contributed by atoms with E-state index in [0.29, 0.717) is 16.3 Å². The van der Waals surface area contributed by atoms with Gasteiger partial charge in [-0.25, -0.2) is 4.39 Å². The van der Waals surface area contributed by atoms with Gasteiger partial charge in [0, 0.05) is 23.7 Å². The molecule has 1 N–H and O–H groups in total. The van der Waals surface area contributed by atoms with Crippen molar-refractivity contribution in [2.45, 2.75) is 0 Å². The molecule has 0 spiro atoms. The van der Waals surface area contributed by atoms with Gasteiger partial charge in [0.2, 0.25) is 0 Å². The molecular formula is C10H8ClFN2O. The van der Waals surface area contributed by atoms with Crippen LogP contribution in [0.3, 0.4) is 0 Å². The molecule has 2 rings (SSSR count). The van der Waals surface area contributed by atoms with Crippen LogP contribution in [0.5, 0.6) is 0 Å². The van der Waals surface area contributed by atoms with Crippen LogP contribution in [0.25, 0.3) is 11.3 Å². The Balaban J connectivity index is 2.59. The van der Waals surface area contributed by atoms with Crippen LogP contribution in [0.1, 0.15) is 0 Å². The highest BCUT2D eigenvalue weighted by atomic mass is 35.5. The van der Waals surface area contributed by atoms with Gasteiger partial charge in [0.05, 0.1) is 5.69 Å². The minimum Gasteiger partial charge on any atom is -0.295 e. The Hall–Kier alpha value is -1.55. The molecule has 0 amide bonds. The lowest BCUT2D eigenvalue weighted by Gasteiger charge is -2.00. The summed E-state index contributed by atoms with van der Waals surface area (Å²) in [6.07, 6.45) is 0. The predicted octanol–water partition coefficient (Wildman–Crippen LogP) is 2.17. The van der Waals surface area contributed by atoms with Crippen molar-refractivity contribution >= 4 is 11.6 Å². The summed E-state index contributed by atoms with van der Waals surface area (Å²) in [4.78, 5) is 11.2. The van der Waals surface area contributed by atoms with E-state index in [0.717, 1.165) is 0 Å². The van der Waals surface area contributed by atoms with Crippen molar-refractivity contribution in [2.24, 2.45) is 7.05 Å². The van der Waals surface area contributed by atoms with Crippen LogP contribution in [0, 0.1) is 5.82 Å². The molecule has 0 unspecified atom stereocenters. The third kappa shape index (κ3) is 1.80. The Morgan fingerprint density at radius 2 is 2.13 bits per heavy atom. The third-order valence-electron chi connectivity index (χ3n) is 2.11. The van der Waals surface area contributed by atoms with Gasteiger partial charge in [-0.3, -0.25) is 14.6 Å². The van der Waals surface area contributed by atoms with Crippen molar-refractivity contribution in [3.8, 4) is 11.3 Å². The summed E-state index contributed by atoms with van der Waals surface area (Å²) in [6, 6.07) is 5.66. The van der Waals surface area contributed by atoms with Crippen LogP contribution in [0.15, 0.2) is 29.1 Å². The Kier molecular flexibility index (Phi) is 2.36. The zero-order valence-electron chi connectivity index (χ0n) is 7.92. The van der Waals surface area contributed by atoms with E-state index in [9.17, 15) is 9.18 Å². The molecule has 1 heterocycles. The number of aryl methyl sites for hydroxylation is 1. The maximum absolute atomic E-state index is 13.5. The molecule has 78 valence electrons. The van der Waals surface area contributed by atoms with Crippen molar-refractivity contribution < 1.29 is 4.39 Å². The highest BCUT2D eigenvalue weighted by Gasteiger charge is 2.08. The van der Waals surface area contributed by atoms with E-state index in [-0.39, 0.29) is 5.56 Å². The SMILES string of the molecule is Cn1[nH]c(-c2ccc(Cl)cc2F)cc1=O. The molecule has 0 aliphatic carbocycles. The van der Waals surface area contributed by atoms with Crippen molar-refractivity contribution in [3.63, 3.8) is 0 Å². The van der Waals surface area contributed by atoms with Gasteiger partial charge in [0.25, 0.3) is 5.56 Å². The van der Waals surface area contributed by atoms with Gasteiger partial charge in [-0.2, -0.15) is 0 Å². The van der Waals surface area contributed by atoms with Gasteiger partial charge < -0.3 is 0 Å². The van der Waals surface area contributed by atoms with Gasteiger partial charge in [-0.1, -0.05) is 11.6 Å². The molecule has 2 aromatic rings. The number of hydrogen-bond donors (Lipinski definition) is 1. The van der Waals surface area contributed by atoms with E-state index >= 15 is 0 Å². The maximum Gasteiger partial charge on any atom is 0.266 e. The van der Waals surface area contributed by atoms with Crippen LogP contribution in [-0.4, -0.2) is 9.78 Å². The van der Waals surface area contributed by atoms with Gasteiger partial charge >= 0.3 is 0 Å². The smallest absolute Gasteiger partial charge is 0.266 e. The average Bonchev–Trinajstić information content (AvgIpc) is 2.46. The molecule has 0 radical (unpaired) electrons. The Morgan fingerprint density at radius 1 is 1.40 bits per heavy atom. The minimum atomic E-state index is -0.454. The number of hydrogen-bond acceptors (Lipinski definition) is 1. The molecule has 0 bridgehead atoms. The fourth-order valence-electron chi connectivity index (χ4n) is 1.33. The summed E-state index contributed by atoms with van der Waals surface area (Å²) in [5.41, 5.74) is 0.563. The summed E-state index contributed by atoms with van der Waals surface area (Å²) < 4.78 is 14.7. The number of aromatic nitrogens is 2. The second-order valence-electron chi connectivity index (χ2n) is 3.19. The molecule has 0 aliphatic rings. The topological polar surface area (TPSA) is 37.8 Å². The van der Waals surface area contributed by atoms with Crippen LogP contribution in [-0.2, 0) is 7.05 Å². The van der Waals surface area contributed by atoms with Crippen LogP contribution >= 0.6 is 11.6 Å². The average molecular weight is 227 g/mol. The number of H-pyrrole nitrogens is 1. The Bertz CT molecular complexity index is 559. The first-order valence-electron chi connectivity index (χ1n) is 4.29. The lowest BCUT2D eigenvalue weighted by molar-refractivity contribution is 0.630. The molecule has 3 nitrogen and oxygen atoms in total. The molecule has 5 heteroatoms. The van der Waals surface area contributed by atoms with E-state index in [2.05, 4.69) is 5.10 Å². The standard InChI is InChI=1S/C10H8ClFN2O/c1-14-10(15)5-9(13-14)7-3-2-6(11)4-8(7)12/h2-5,13H,1H3. The molecular weight excluding hydrogens is 219 g/mol. The van der Waals surface area contributed by atoms with Crippen LogP contribution < -0.4 is 5.56 Å². The monoisotopic (exact) mass is 226 g/mol. The van der Waals surface area contributed by atoms with E-state index in [1.54, 1.807) is 13.1 Å². The second kappa shape index (κ2) is 3.55. The van der Waals surface area contributed by atoms with Crippen molar-refractivity contribution in [1.29, 1.82) is 0 Å². The zero-order chi connectivity index (χ0) is 11.0. The molecule has 1 aromatic heterocycles.